The second-order valence-corrected chi connectivity index (χ2v) is 6.62. The van der Waals surface area contributed by atoms with Gasteiger partial charge in [-0.2, -0.15) is 13.2 Å². The summed E-state index contributed by atoms with van der Waals surface area (Å²) in [6.07, 6.45) is -1.96. The van der Waals surface area contributed by atoms with E-state index in [9.17, 15) is 18.0 Å². The summed E-state index contributed by atoms with van der Waals surface area (Å²) < 4.78 is 38.1. The second kappa shape index (κ2) is 10.2. The molecule has 1 aliphatic heterocycles. The molecule has 0 fully saturated rings. The largest absolute Gasteiger partial charge is 0.416 e. The van der Waals surface area contributed by atoms with E-state index in [2.05, 4.69) is 34.8 Å². The molecule has 3 rings (SSSR count). The number of halogens is 3. The fourth-order valence-corrected chi connectivity index (χ4v) is 2.84. The Bertz CT molecular complexity index is 951. The SMILES string of the molecule is C=C(N)C1=C(Nc2ccc(C(F)(F)F)cc2)NC(Cc2ccc(C=O)cc2)N1.C=CN. The van der Waals surface area contributed by atoms with Gasteiger partial charge >= 0.3 is 6.18 Å². The van der Waals surface area contributed by atoms with Crippen molar-refractivity contribution in [2.75, 3.05) is 5.32 Å². The zero-order chi connectivity index (χ0) is 23.0. The molecule has 1 unspecified atom stereocenters. The fourth-order valence-electron chi connectivity index (χ4n) is 2.84. The maximum Gasteiger partial charge on any atom is 0.416 e. The number of hydrogen-bond acceptors (Lipinski definition) is 6. The van der Waals surface area contributed by atoms with E-state index in [1.807, 2.05) is 12.1 Å². The number of hydrogen-bond donors (Lipinski definition) is 5. The van der Waals surface area contributed by atoms with E-state index >= 15 is 0 Å². The van der Waals surface area contributed by atoms with Gasteiger partial charge in [0.2, 0.25) is 0 Å². The monoisotopic (exact) mass is 431 g/mol. The highest BCUT2D eigenvalue weighted by Gasteiger charge is 2.30. The van der Waals surface area contributed by atoms with E-state index in [0.29, 0.717) is 34.9 Å². The summed E-state index contributed by atoms with van der Waals surface area (Å²) in [7, 11) is 0. The van der Waals surface area contributed by atoms with Crippen molar-refractivity contribution in [1.29, 1.82) is 0 Å². The number of anilines is 1. The molecule has 9 heteroatoms. The van der Waals surface area contributed by atoms with E-state index in [-0.39, 0.29) is 6.17 Å². The third-order valence-electron chi connectivity index (χ3n) is 4.25. The summed E-state index contributed by atoms with van der Waals surface area (Å²) >= 11 is 0. The number of aldehydes is 1. The van der Waals surface area contributed by atoms with Crippen molar-refractivity contribution in [3.8, 4) is 0 Å². The topological polar surface area (TPSA) is 105 Å². The molecule has 164 valence electrons. The van der Waals surface area contributed by atoms with Crippen LogP contribution in [-0.2, 0) is 12.6 Å². The predicted molar refractivity (Wildman–Crippen MR) is 115 cm³/mol. The lowest BCUT2D eigenvalue weighted by atomic mass is 10.1. The third-order valence-corrected chi connectivity index (χ3v) is 4.25. The average Bonchev–Trinajstić information content (AvgIpc) is 3.11. The quantitative estimate of drug-likeness (QED) is 0.449. The molecule has 1 heterocycles. The van der Waals surface area contributed by atoms with Crippen LogP contribution < -0.4 is 27.4 Å². The van der Waals surface area contributed by atoms with Crippen LogP contribution in [0, 0.1) is 0 Å². The number of benzene rings is 2. The lowest BCUT2D eigenvalue weighted by molar-refractivity contribution is -0.137. The molecule has 0 saturated carbocycles. The van der Waals surface area contributed by atoms with E-state index in [1.165, 1.54) is 18.3 Å². The molecule has 0 spiro atoms. The van der Waals surface area contributed by atoms with Gasteiger partial charge in [0.25, 0.3) is 0 Å². The summed E-state index contributed by atoms with van der Waals surface area (Å²) in [6.45, 7) is 6.87. The van der Waals surface area contributed by atoms with Gasteiger partial charge in [-0.15, -0.1) is 0 Å². The second-order valence-electron chi connectivity index (χ2n) is 6.62. The van der Waals surface area contributed by atoms with Crippen molar-refractivity contribution in [2.24, 2.45) is 11.5 Å². The van der Waals surface area contributed by atoms with Crippen molar-refractivity contribution in [1.82, 2.24) is 10.6 Å². The molecule has 2 aromatic rings. The van der Waals surface area contributed by atoms with E-state index in [4.69, 9.17) is 5.73 Å². The minimum absolute atomic E-state index is 0.200. The highest BCUT2D eigenvalue weighted by molar-refractivity contribution is 5.74. The van der Waals surface area contributed by atoms with Crippen LogP contribution in [0.3, 0.4) is 0 Å². The van der Waals surface area contributed by atoms with Crippen LogP contribution in [0.2, 0.25) is 0 Å². The molecule has 6 nitrogen and oxygen atoms in total. The highest BCUT2D eigenvalue weighted by atomic mass is 19.4. The van der Waals surface area contributed by atoms with Gasteiger partial charge in [-0.1, -0.05) is 37.4 Å². The van der Waals surface area contributed by atoms with Gasteiger partial charge in [-0.05, 0) is 36.0 Å². The van der Waals surface area contributed by atoms with Crippen LogP contribution in [0.15, 0.2) is 85.1 Å². The zero-order valence-corrected chi connectivity index (χ0v) is 16.7. The molecule has 2 aromatic carbocycles. The van der Waals surface area contributed by atoms with Gasteiger partial charge in [0.1, 0.15) is 18.3 Å². The van der Waals surface area contributed by atoms with Crippen LogP contribution >= 0.6 is 0 Å². The summed E-state index contributed by atoms with van der Waals surface area (Å²) in [4.78, 5) is 10.7. The van der Waals surface area contributed by atoms with Crippen LogP contribution in [0.4, 0.5) is 18.9 Å². The first-order chi connectivity index (χ1) is 14.7. The van der Waals surface area contributed by atoms with Gasteiger partial charge in [0.05, 0.1) is 17.0 Å². The third kappa shape index (κ3) is 6.56. The Morgan fingerprint density at radius 1 is 1.10 bits per heavy atom. The van der Waals surface area contributed by atoms with Gasteiger partial charge < -0.3 is 27.4 Å². The Labute approximate surface area is 178 Å². The first-order valence-electron chi connectivity index (χ1n) is 9.21. The van der Waals surface area contributed by atoms with E-state index < -0.39 is 11.7 Å². The molecule has 0 radical (unpaired) electrons. The van der Waals surface area contributed by atoms with Crippen molar-refractivity contribution in [2.45, 2.75) is 18.8 Å². The number of nitrogens with one attached hydrogen (secondary N) is 3. The maximum atomic E-state index is 12.7. The van der Waals surface area contributed by atoms with Crippen molar-refractivity contribution in [3.05, 3.63) is 102 Å². The number of rotatable bonds is 6. The minimum Gasteiger partial charge on any atom is -0.405 e. The normalized spacial score (nSPS) is 15.1. The average molecular weight is 431 g/mol. The van der Waals surface area contributed by atoms with E-state index in [0.717, 1.165) is 24.0 Å². The number of carbonyl (C=O) groups is 1. The lowest BCUT2D eigenvalue weighted by Crippen LogP contribution is -2.36. The first kappa shape index (κ1) is 23.4. The molecule has 1 aliphatic rings. The first-order valence-corrected chi connectivity index (χ1v) is 9.21. The number of nitrogens with two attached hydrogens (primary N) is 2. The summed E-state index contributed by atoms with van der Waals surface area (Å²) in [6, 6.07) is 11.9. The molecule has 0 amide bonds. The molecule has 7 N–H and O–H groups in total. The van der Waals surface area contributed by atoms with Crippen LogP contribution in [-0.4, -0.2) is 12.5 Å². The fraction of sp³-hybridized carbons (Fsp3) is 0.136. The molecular formula is C22H24F3N5O. The van der Waals surface area contributed by atoms with Crippen molar-refractivity contribution in [3.63, 3.8) is 0 Å². The molecule has 0 bridgehead atoms. The highest BCUT2D eigenvalue weighted by Crippen LogP contribution is 2.30. The lowest BCUT2D eigenvalue weighted by Gasteiger charge is -2.15. The van der Waals surface area contributed by atoms with Crippen molar-refractivity contribution >= 4 is 12.0 Å². The van der Waals surface area contributed by atoms with E-state index in [1.54, 1.807) is 12.1 Å². The van der Waals surface area contributed by atoms with Gasteiger partial charge in [0, 0.05) is 17.7 Å². The zero-order valence-electron chi connectivity index (χ0n) is 16.7. The molecule has 31 heavy (non-hydrogen) atoms. The predicted octanol–water partition coefficient (Wildman–Crippen LogP) is 3.42. The number of carbonyl (C=O) groups excluding carboxylic acids is 1. The Balaban J connectivity index is 0.00000107. The molecular weight excluding hydrogens is 407 g/mol. The molecule has 1 atom stereocenters. The van der Waals surface area contributed by atoms with Crippen LogP contribution in [0.25, 0.3) is 0 Å². The van der Waals surface area contributed by atoms with Gasteiger partial charge in [0.15, 0.2) is 0 Å². The van der Waals surface area contributed by atoms with Crippen LogP contribution in [0.5, 0.6) is 0 Å². The maximum absolute atomic E-state index is 12.7. The summed E-state index contributed by atoms with van der Waals surface area (Å²) in [5, 5.41) is 9.46. The van der Waals surface area contributed by atoms with Crippen molar-refractivity contribution < 1.29 is 18.0 Å². The molecule has 0 aliphatic carbocycles. The minimum atomic E-state index is -4.38. The standard InChI is InChI=1S/C20H19F3N4O.C2H5N/c1-12(24)18-19(25-16-8-6-15(7-9-16)20(21,22)23)27-17(26-18)10-13-2-4-14(11-28)5-3-13;1-2-3/h2-9,11,17,25-27H,1,10,24H2;2H,1,3H2. The Morgan fingerprint density at radius 2 is 1.68 bits per heavy atom. The Morgan fingerprint density at radius 3 is 2.16 bits per heavy atom. The molecule has 0 saturated heterocycles. The Hall–Kier alpha value is -3.88. The van der Waals surface area contributed by atoms with Crippen LogP contribution in [0.1, 0.15) is 21.5 Å². The summed E-state index contributed by atoms with van der Waals surface area (Å²) in [5.74, 6) is 0.529. The van der Waals surface area contributed by atoms with Gasteiger partial charge in [-0.25, -0.2) is 0 Å². The van der Waals surface area contributed by atoms with Gasteiger partial charge in [-0.3, -0.25) is 4.79 Å². The number of alkyl halides is 3. The molecule has 0 aromatic heterocycles. The smallest absolute Gasteiger partial charge is 0.405 e. The Kier molecular flexibility index (Phi) is 7.73. The summed E-state index contributed by atoms with van der Waals surface area (Å²) in [5.41, 5.74) is 12.6.